The van der Waals surface area contributed by atoms with Gasteiger partial charge < -0.3 is 14.2 Å². The third kappa shape index (κ3) is 3.68. The number of benzene rings is 2. The van der Waals surface area contributed by atoms with Crippen molar-refractivity contribution in [1.82, 2.24) is 5.32 Å². The van der Waals surface area contributed by atoms with Crippen LogP contribution >= 0.6 is 0 Å². The van der Waals surface area contributed by atoms with Crippen LogP contribution in [0.2, 0.25) is 0 Å². The number of amides is 1. The monoisotopic (exact) mass is 389 g/mol. The van der Waals surface area contributed by atoms with Gasteiger partial charge in [0.05, 0.1) is 0 Å². The molecule has 1 amide bonds. The smallest absolute Gasteiger partial charge is 0.339 e. The molecule has 0 aliphatic heterocycles. The molecule has 1 N–H and O–H groups in total. The van der Waals surface area contributed by atoms with E-state index in [0.29, 0.717) is 29.7 Å². The molecule has 0 bridgehead atoms. The SMILES string of the molecule is Cc1oc2cc3oc(=O)c(CCC(=O)NCc4ccccc4)c(C)c3cc2c1C. The second-order valence-electron chi connectivity index (χ2n) is 7.38. The maximum atomic E-state index is 12.5. The van der Waals surface area contributed by atoms with Gasteiger partial charge in [-0.3, -0.25) is 4.79 Å². The molecule has 2 aromatic heterocycles. The quantitative estimate of drug-likeness (QED) is 0.502. The Morgan fingerprint density at radius 2 is 1.62 bits per heavy atom. The summed E-state index contributed by atoms with van der Waals surface area (Å²) in [6, 6.07) is 13.5. The van der Waals surface area contributed by atoms with Crippen molar-refractivity contribution >= 4 is 27.8 Å². The lowest BCUT2D eigenvalue weighted by Gasteiger charge is -2.09. The summed E-state index contributed by atoms with van der Waals surface area (Å²) in [5.41, 5.74) is 4.34. The van der Waals surface area contributed by atoms with Gasteiger partial charge in [0.15, 0.2) is 0 Å². The highest BCUT2D eigenvalue weighted by Gasteiger charge is 2.16. The molecule has 4 aromatic rings. The number of fused-ring (bicyclic) bond motifs is 2. The molecular weight excluding hydrogens is 366 g/mol. The lowest BCUT2D eigenvalue weighted by molar-refractivity contribution is -0.121. The van der Waals surface area contributed by atoms with Crippen LogP contribution in [0.15, 0.2) is 56.1 Å². The number of carbonyl (C=O) groups excluding carboxylic acids is 1. The first kappa shape index (κ1) is 19.0. The molecule has 0 aliphatic carbocycles. The Morgan fingerprint density at radius 1 is 0.931 bits per heavy atom. The molecule has 29 heavy (non-hydrogen) atoms. The summed E-state index contributed by atoms with van der Waals surface area (Å²) in [4.78, 5) is 24.8. The van der Waals surface area contributed by atoms with E-state index < -0.39 is 5.63 Å². The molecule has 0 saturated carbocycles. The minimum atomic E-state index is -0.398. The number of nitrogens with one attached hydrogen (secondary N) is 1. The molecule has 0 aliphatic rings. The molecule has 148 valence electrons. The number of aryl methyl sites for hydroxylation is 3. The molecule has 2 aromatic carbocycles. The van der Waals surface area contributed by atoms with Gasteiger partial charge in [-0.15, -0.1) is 0 Å². The fourth-order valence-electron chi connectivity index (χ4n) is 3.64. The lowest BCUT2D eigenvalue weighted by atomic mass is 10.0. The highest BCUT2D eigenvalue weighted by Crippen LogP contribution is 2.31. The highest BCUT2D eigenvalue weighted by molar-refractivity contribution is 5.96. The molecular formula is C24H23NO4. The summed E-state index contributed by atoms with van der Waals surface area (Å²) in [7, 11) is 0. The van der Waals surface area contributed by atoms with Crippen LogP contribution in [0.3, 0.4) is 0 Å². The molecule has 4 rings (SSSR count). The maximum Gasteiger partial charge on any atom is 0.339 e. The molecule has 0 fully saturated rings. The Bertz CT molecular complexity index is 1270. The van der Waals surface area contributed by atoms with Crippen molar-refractivity contribution in [2.45, 2.75) is 40.2 Å². The van der Waals surface area contributed by atoms with Crippen LogP contribution in [0.25, 0.3) is 21.9 Å². The van der Waals surface area contributed by atoms with Crippen LogP contribution in [-0.2, 0) is 17.8 Å². The molecule has 0 atom stereocenters. The van der Waals surface area contributed by atoms with E-state index >= 15 is 0 Å². The normalized spacial score (nSPS) is 11.3. The molecule has 0 saturated heterocycles. The third-order valence-corrected chi connectivity index (χ3v) is 5.52. The third-order valence-electron chi connectivity index (χ3n) is 5.52. The predicted octanol–water partition coefficient (Wildman–Crippen LogP) is 4.71. The minimum absolute atomic E-state index is 0.0931. The van der Waals surface area contributed by atoms with Gasteiger partial charge in [-0.25, -0.2) is 4.79 Å². The largest absolute Gasteiger partial charge is 0.461 e. The molecule has 0 unspecified atom stereocenters. The number of furan rings is 1. The fraction of sp³-hybridized carbons (Fsp3) is 0.250. The highest BCUT2D eigenvalue weighted by atomic mass is 16.4. The van der Waals surface area contributed by atoms with E-state index in [-0.39, 0.29) is 12.3 Å². The van der Waals surface area contributed by atoms with Crippen molar-refractivity contribution in [3.05, 3.63) is 80.9 Å². The van der Waals surface area contributed by atoms with Crippen molar-refractivity contribution in [2.75, 3.05) is 0 Å². The van der Waals surface area contributed by atoms with Crippen LogP contribution in [0.5, 0.6) is 0 Å². The number of hydrogen-bond donors (Lipinski definition) is 1. The molecule has 2 heterocycles. The van der Waals surface area contributed by atoms with Gasteiger partial charge in [0.2, 0.25) is 5.91 Å². The van der Waals surface area contributed by atoms with Gasteiger partial charge in [-0.2, -0.15) is 0 Å². The second kappa shape index (κ2) is 7.59. The summed E-state index contributed by atoms with van der Waals surface area (Å²) in [6.07, 6.45) is 0.572. The van der Waals surface area contributed by atoms with Crippen molar-refractivity contribution < 1.29 is 13.6 Å². The first-order valence-corrected chi connectivity index (χ1v) is 9.70. The summed E-state index contributed by atoms with van der Waals surface area (Å²) < 4.78 is 11.3. The van der Waals surface area contributed by atoms with E-state index in [2.05, 4.69) is 5.32 Å². The number of hydrogen-bond acceptors (Lipinski definition) is 4. The van der Waals surface area contributed by atoms with Crippen LogP contribution in [0.1, 0.15) is 34.4 Å². The van der Waals surface area contributed by atoms with Crippen molar-refractivity contribution in [1.29, 1.82) is 0 Å². The topological polar surface area (TPSA) is 72.5 Å². The van der Waals surface area contributed by atoms with Gasteiger partial charge in [-0.1, -0.05) is 30.3 Å². The van der Waals surface area contributed by atoms with Crippen LogP contribution in [0.4, 0.5) is 0 Å². The Hall–Kier alpha value is -3.34. The van der Waals surface area contributed by atoms with Crippen molar-refractivity contribution in [3.63, 3.8) is 0 Å². The lowest BCUT2D eigenvalue weighted by Crippen LogP contribution is -2.24. The van der Waals surface area contributed by atoms with Crippen molar-refractivity contribution in [2.24, 2.45) is 0 Å². The molecule has 0 radical (unpaired) electrons. The minimum Gasteiger partial charge on any atom is -0.461 e. The van der Waals surface area contributed by atoms with Gasteiger partial charge in [0, 0.05) is 35.4 Å². The van der Waals surface area contributed by atoms with E-state index in [4.69, 9.17) is 8.83 Å². The van der Waals surface area contributed by atoms with E-state index in [0.717, 1.165) is 33.2 Å². The van der Waals surface area contributed by atoms with E-state index in [9.17, 15) is 9.59 Å². The zero-order valence-corrected chi connectivity index (χ0v) is 16.8. The van der Waals surface area contributed by atoms with Gasteiger partial charge in [0.25, 0.3) is 0 Å². The zero-order chi connectivity index (χ0) is 20.5. The number of rotatable bonds is 5. The van der Waals surface area contributed by atoms with Crippen molar-refractivity contribution in [3.8, 4) is 0 Å². The zero-order valence-electron chi connectivity index (χ0n) is 16.8. The van der Waals surface area contributed by atoms with E-state index in [1.54, 1.807) is 6.07 Å². The van der Waals surface area contributed by atoms with E-state index in [1.165, 1.54) is 0 Å². The first-order chi connectivity index (χ1) is 13.9. The number of carbonyl (C=O) groups is 1. The molecule has 5 nitrogen and oxygen atoms in total. The van der Waals surface area contributed by atoms with E-state index in [1.807, 2.05) is 57.2 Å². The summed E-state index contributed by atoms with van der Waals surface area (Å²) in [5, 5.41) is 4.78. The Morgan fingerprint density at radius 3 is 2.38 bits per heavy atom. The summed E-state index contributed by atoms with van der Waals surface area (Å²) in [6.45, 7) is 6.31. The standard InChI is InChI=1S/C24H23NO4/c1-14-16(3)28-21-12-22-20(11-19(14)21)15(2)18(24(27)29-22)9-10-23(26)25-13-17-7-5-4-6-8-17/h4-8,11-12H,9-10,13H2,1-3H3,(H,25,26). The molecule has 0 spiro atoms. The second-order valence-corrected chi connectivity index (χ2v) is 7.38. The average molecular weight is 389 g/mol. The Labute approximate surface area is 168 Å². The first-order valence-electron chi connectivity index (χ1n) is 9.70. The Kier molecular flexibility index (Phi) is 4.97. The van der Waals surface area contributed by atoms with Crippen LogP contribution in [0, 0.1) is 20.8 Å². The predicted molar refractivity (Wildman–Crippen MR) is 113 cm³/mol. The fourth-order valence-corrected chi connectivity index (χ4v) is 3.64. The van der Waals surface area contributed by atoms with Gasteiger partial charge in [-0.05, 0) is 49.9 Å². The maximum absolute atomic E-state index is 12.5. The van der Waals surface area contributed by atoms with Gasteiger partial charge >= 0.3 is 5.63 Å². The van der Waals surface area contributed by atoms with Crippen LogP contribution in [-0.4, -0.2) is 5.91 Å². The van der Waals surface area contributed by atoms with Crippen LogP contribution < -0.4 is 10.9 Å². The van der Waals surface area contributed by atoms with Gasteiger partial charge in [0.1, 0.15) is 16.9 Å². The average Bonchev–Trinajstić information content (AvgIpc) is 2.99. The summed E-state index contributed by atoms with van der Waals surface area (Å²) >= 11 is 0. The molecule has 5 heteroatoms. The summed E-state index contributed by atoms with van der Waals surface area (Å²) in [5.74, 6) is 0.759. The Balaban J connectivity index is 1.56.